The molecule has 4 aromatic rings. The lowest BCUT2D eigenvalue weighted by Gasteiger charge is -2.24. The van der Waals surface area contributed by atoms with Crippen LogP contribution in [0.3, 0.4) is 0 Å². The van der Waals surface area contributed by atoms with Gasteiger partial charge in [-0.15, -0.1) is 5.10 Å². The van der Waals surface area contributed by atoms with Crippen molar-refractivity contribution in [1.82, 2.24) is 24.3 Å². The molecule has 11 heteroatoms. The van der Waals surface area contributed by atoms with Crippen molar-refractivity contribution >= 4 is 27.0 Å². The van der Waals surface area contributed by atoms with Crippen LogP contribution >= 0.6 is 0 Å². The fourth-order valence-electron chi connectivity index (χ4n) is 5.33. The van der Waals surface area contributed by atoms with Gasteiger partial charge in [0.2, 0.25) is 15.9 Å². The zero-order chi connectivity index (χ0) is 28.6. The van der Waals surface area contributed by atoms with Gasteiger partial charge in [-0.25, -0.2) is 18.1 Å². The molecule has 210 valence electrons. The van der Waals surface area contributed by atoms with Gasteiger partial charge >= 0.3 is 5.97 Å². The van der Waals surface area contributed by atoms with Crippen molar-refractivity contribution in [2.75, 3.05) is 6.54 Å². The molecule has 5 rings (SSSR count). The molecule has 2 atom stereocenters. The fourth-order valence-corrected chi connectivity index (χ4v) is 6.85. The summed E-state index contributed by atoms with van der Waals surface area (Å²) in [5.41, 5.74) is 5.89. The Morgan fingerprint density at radius 1 is 1.18 bits per heavy atom. The van der Waals surface area contributed by atoms with Crippen molar-refractivity contribution in [3.63, 3.8) is 0 Å². The van der Waals surface area contributed by atoms with E-state index in [1.165, 1.54) is 16.6 Å². The lowest BCUT2D eigenvalue weighted by atomic mass is 9.84. The number of carbonyl (C=O) groups is 1. The van der Waals surface area contributed by atoms with E-state index in [0.29, 0.717) is 13.0 Å². The average molecular weight is 564 g/mol. The Kier molecular flexibility index (Phi) is 7.61. The predicted molar refractivity (Wildman–Crippen MR) is 150 cm³/mol. The number of carboxylic acid groups (broad SMARTS) is 1. The van der Waals surface area contributed by atoms with Gasteiger partial charge in [0.15, 0.2) is 0 Å². The molecule has 2 aromatic heterocycles. The number of benzene rings is 2. The number of sulfonamides is 1. The molecule has 0 spiro atoms. The largest absolute Gasteiger partial charge is 0.481 e. The minimum Gasteiger partial charge on any atom is -0.481 e. The van der Waals surface area contributed by atoms with Crippen LogP contribution in [0, 0.1) is 13.8 Å². The average Bonchev–Trinajstić information content (AvgIpc) is 3.32. The molecule has 1 aliphatic rings. The molecule has 0 radical (unpaired) electrons. The van der Waals surface area contributed by atoms with Crippen LogP contribution in [-0.2, 0) is 27.9 Å². The van der Waals surface area contributed by atoms with Gasteiger partial charge in [0.1, 0.15) is 16.5 Å². The number of hydrogen-bond acceptors (Lipinski definition) is 7. The Morgan fingerprint density at radius 3 is 2.70 bits per heavy atom. The summed E-state index contributed by atoms with van der Waals surface area (Å²) < 4.78 is 36.6. The van der Waals surface area contributed by atoms with Crippen LogP contribution in [0.5, 0.6) is 5.88 Å². The first-order chi connectivity index (χ1) is 19.1. The second kappa shape index (κ2) is 11.0. The SMILES string of the molecule is CC[C@@H]1CN(Cc2cc([C@@H](CC(=O)O)c3ccc4c(nnn4CC)c3C)ccc2C)S(=O)(=O)c2cccnc2O1. The van der Waals surface area contributed by atoms with Crippen molar-refractivity contribution in [1.29, 1.82) is 0 Å². The molecule has 0 bridgehead atoms. The quantitative estimate of drug-likeness (QED) is 0.334. The molecule has 1 aliphatic heterocycles. The van der Waals surface area contributed by atoms with Gasteiger partial charge in [0, 0.05) is 25.2 Å². The van der Waals surface area contributed by atoms with Gasteiger partial charge in [-0.3, -0.25) is 4.79 Å². The fraction of sp³-hybridized carbons (Fsp3) is 0.379. The molecule has 0 saturated heterocycles. The molecular weight excluding hydrogens is 530 g/mol. The summed E-state index contributed by atoms with van der Waals surface area (Å²) >= 11 is 0. The molecule has 10 nitrogen and oxygen atoms in total. The maximum absolute atomic E-state index is 13.7. The summed E-state index contributed by atoms with van der Waals surface area (Å²) in [5, 5.41) is 18.4. The highest BCUT2D eigenvalue weighted by molar-refractivity contribution is 7.89. The van der Waals surface area contributed by atoms with Gasteiger partial charge in [0.05, 0.1) is 18.5 Å². The van der Waals surface area contributed by atoms with Crippen molar-refractivity contribution < 1.29 is 23.1 Å². The highest BCUT2D eigenvalue weighted by Crippen LogP contribution is 2.36. The van der Waals surface area contributed by atoms with Gasteiger partial charge in [-0.1, -0.05) is 36.4 Å². The normalized spacial score (nSPS) is 17.6. The Bertz CT molecular complexity index is 1680. The zero-order valence-electron chi connectivity index (χ0n) is 23.0. The van der Waals surface area contributed by atoms with Crippen LogP contribution in [0.15, 0.2) is 53.6 Å². The third kappa shape index (κ3) is 5.06. The molecule has 2 aromatic carbocycles. The lowest BCUT2D eigenvalue weighted by Crippen LogP contribution is -2.36. The third-order valence-electron chi connectivity index (χ3n) is 7.65. The summed E-state index contributed by atoms with van der Waals surface area (Å²) in [4.78, 5) is 16.2. The first-order valence-electron chi connectivity index (χ1n) is 13.4. The maximum Gasteiger partial charge on any atom is 0.304 e. The summed E-state index contributed by atoms with van der Waals surface area (Å²) in [6.07, 6.45) is 1.67. The van der Waals surface area contributed by atoms with Crippen LogP contribution in [0.25, 0.3) is 11.0 Å². The van der Waals surface area contributed by atoms with Crippen LogP contribution in [0.1, 0.15) is 60.4 Å². The number of hydrogen-bond donors (Lipinski definition) is 1. The molecule has 1 N–H and O–H groups in total. The monoisotopic (exact) mass is 563 g/mol. The molecule has 3 heterocycles. The van der Waals surface area contributed by atoms with Crippen molar-refractivity contribution in [2.24, 2.45) is 0 Å². The van der Waals surface area contributed by atoms with E-state index >= 15 is 0 Å². The maximum atomic E-state index is 13.7. The predicted octanol–water partition coefficient (Wildman–Crippen LogP) is 4.43. The van der Waals surface area contributed by atoms with E-state index in [-0.39, 0.29) is 36.4 Å². The second-order valence-corrected chi connectivity index (χ2v) is 12.0. The number of aromatic nitrogens is 4. The molecule has 0 aliphatic carbocycles. The van der Waals surface area contributed by atoms with Gasteiger partial charge in [-0.05, 0) is 73.2 Å². The van der Waals surface area contributed by atoms with Crippen LogP contribution in [0.2, 0.25) is 0 Å². The van der Waals surface area contributed by atoms with E-state index < -0.39 is 21.9 Å². The molecule has 0 saturated carbocycles. The second-order valence-electron chi connectivity index (χ2n) is 10.1. The Hall–Kier alpha value is -3.83. The smallest absolute Gasteiger partial charge is 0.304 e. The molecule has 40 heavy (non-hydrogen) atoms. The minimum absolute atomic E-state index is 0.0487. The topological polar surface area (TPSA) is 128 Å². The van der Waals surface area contributed by atoms with Crippen molar-refractivity contribution in [3.8, 4) is 5.88 Å². The van der Waals surface area contributed by atoms with Crippen LogP contribution in [0.4, 0.5) is 0 Å². The lowest BCUT2D eigenvalue weighted by molar-refractivity contribution is -0.137. The molecular formula is C29H33N5O5S. The third-order valence-corrected chi connectivity index (χ3v) is 9.48. The molecule has 0 amide bonds. The van der Waals surface area contributed by atoms with Crippen LogP contribution < -0.4 is 4.74 Å². The number of nitrogens with zero attached hydrogens (tertiary/aromatic N) is 5. The zero-order valence-corrected chi connectivity index (χ0v) is 23.9. The highest BCUT2D eigenvalue weighted by Gasteiger charge is 2.35. The number of carboxylic acids is 1. The summed E-state index contributed by atoms with van der Waals surface area (Å²) in [7, 11) is -3.88. The summed E-state index contributed by atoms with van der Waals surface area (Å²) in [6.45, 7) is 8.80. The number of ether oxygens (including phenoxy) is 1. The van der Waals surface area contributed by atoms with Crippen molar-refractivity contribution in [2.45, 2.75) is 70.5 Å². The number of rotatable bonds is 8. The molecule has 0 unspecified atom stereocenters. The van der Waals surface area contributed by atoms with E-state index in [1.54, 1.807) is 6.07 Å². The molecule has 0 fully saturated rings. The van der Waals surface area contributed by atoms with E-state index in [2.05, 4.69) is 15.3 Å². The van der Waals surface area contributed by atoms with Gasteiger partial charge in [-0.2, -0.15) is 4.31 Å². The van der Waals surface area contributed by atoms with E-state index in [4.69, 9.17) is 4.74 Å². The summed E-state index contributed by atoms with van der Waals surface area (Å²) in [5.74, 6) is -1.26. The van der Waals surface area contributed by atoms with Crippen molar-refractivity contribution in [3.05, 3.63) is 76.5 Å². The first-order valence-corrected chi connectivity index (χ1v) is 14.8. The number of aliphatic carboxylic acids is 1. The standard InChI is InChI=1S/C29H33N5O5S/c1-5-22-17-33(40(37,38)26-8-7-13-30-29(26)39-22)16-21-14-20(10-9-18(21)3)24(15-27(35)36)23-11-12-25-28(19(23)4)31-32-34(25)6-2/h7-14,22,24H,5-6,15-17H2,1-4H3,(H,35,36)/t22-,24-/m1/s1. The van der Waals surface area contributed by atoms with E-state index in [1.807, 2.05) is 62.7 Å². The first kappa shape index (κ1) is 27.7. The van der Waals surface area contributed by atoms with E-state index in [0.717, 1.165) is 38.9 Å². The highest BCUT2D eigenvalue weighted by atomic mass is 32.2. The Morgan fingerprint density at radius 2 is 1.98 bits per heavy atom. The number of aryl methyl sites for hydroxylation is 3. The Labute approximate surface area is 233 Å². The number of pyridine rings is 1. The van der Waals surface area contributed by atoms with Crippen LogP contribution in [-0.4, -0.2) is 56.4 Å². The van der Waals surface area contributed by atoms with Gasteiger partial charge in [0.25, 0.3) is 0 Å². The van der Waals surface area contributed by atoms with E-state index in [9.17, 15) is 18.3 Å². The van der Waals surface area contributed by atoms with Gasteiger partial charge < -0.3 is 9.84 Å². The minimum atomic E-state index is -3.88. The number of fused-ring (bicyclic) bond motifs is 2. The summed E-state index contributed by atoms with van der Waals surface area (Å²) in [6, 6.07) is 12.8. The Balaban J connectivity index is 1.56.